The third-order valence-electron chi connectivity index (χ3n) is 3.44. The Bertz CT molecular complexity index is 746. The number of nitrogens with one attached hydrogen (secondary N) is 1. The van der Waals surface area contributed by atoms with Gasteiger partial charge in [0, 0.05) is 12.2 Å². The van der Waals surface area contributed by atoms with Crippen LogP contribution in [0, 0.1) is 0 Å². The molecule has 20 heavy (non-hydrogen) atoms. The van der Waals surface area contributed by atoms with Crippen molar-refractivity contribution in [3.05, 3.63) is 58.9 Å². The number of rotatable bonds is 3. The van der Waals surface area contributed by atoms with E-state index in [2.05, 4.69) is 9.71 Å². The Morgan fingerprint density at radius 3 is 2.80 bits per heavy atom. The molecule has 0 saturated heterocycles. The number of fused-ring (bicyclic) bond motifs is 1. The van der Waals surface area contributed by atoms with Crippen LogP contribution in [0.25, 0.3) is 0 Å². The summed E-state index contributed by atoms with van der Waals surface area (Å²) >= 11 is 5.86. The first-order chi connectivity index (χ1) is 9.58. The second-order valence-corrected chi connectivity index (χ2v) is 6.74. The van der Waals surface area contributed by atoms with E-state index in [1.54, 1.807) is 6.07 Å². The lowest BCUT2D eigenvalue weighted by atomic mass is 10.1. The fourth-order valence-corrected chi connectivity index (χ4v) is 4.20. The lowest BCUT2D eigenvalue weighted by molar-refractivity contribution is 0.554. The Morgan fingerprint density at radius 1 is 1.20 bits per heavy atom. The van der Waals surface area contributed by atoms with Crippen LogP contribution in [0.4, 0.5) is 0 Å². The van der Waals surface area contributed by atoms with Gasteiger partial charge in [0.05, 0.1) is 0 Å². The van der Waals surface area contributed by atoms with Crippen LogP contribution in [-0.2, 0) is 16.4 Å². The van der Waals surface area contributed by atoms with Gasteiger partial charge >= 0.3 is 0 Å². The number of sulfonamides is 1. The van der Waals surface area contributed by atoms with E-state index < -0.39 is 10.0 Å². The second kappa shape index (κ2) is 5.16. The van der Waals surface area contributed by atoms with E-state index in [4.69, 9.17) is 11.6 Å². The van der Waals surface area contributed by atoms with Crippen molar-refractivity contribution >= 4 is 21.6 Å². The second-order valence-electron chi connectivity index (χ2n) is 4.70. The number of hydrogen-bond acceptors (Lipinski definition) is 3. The number of aryl methyl sites for hydroxylation is 1. The minimum Gasteiger partial charge on any atom is -0.243 e. The molecule has 1 heterocycles. The van der Waals surface area contributed by atoms with Gasteiger partial charge in [0.15, 0.2) is 0 Å². The van der Waals surface area contributed by atoms with E-state index in [0.29, 0.717) is 0 Å². The molecule has 0 saturated carbocycles. The minimum absolute atomic E-state index is 0.00807. The highest BCUT2D eigenvalue weighted by molar-refractivity contribution is 7.89. The van der Waals surface area contributed by atoms with Gasteiger partial charge in [-0.1, -0.05) is 35.9 Å². The third-order valence-corrected chi connectivity index (χ3v) is 5.36. The number of halogens is 1. The monoisotopic (exact) mass is 308 g/mol. The molecule has 1 aromatic heterocycles. The predicted octanol–water partition coefficient (Wildman–Crippen LogP) is 2.70. The number of pyridine rings is 1. The van der Waals surface area contributed by atoms with Crippen LogP contribution in [0.2, 0.25) is 5.15 Å². The summed E-state index contributed by atoms with van der Waals surface area (Å²) in [5.41, 5.74) is 2.23. The summed E-state index contributed by atoms with van der Waals surface area (Å²) in [6.45, 7) is 0. The first kappa shape index (κ1) is 13.5. The van der Waals surface area contributed by atoms with Crippen LogP contribution in [0.3, 0.4) is 0 Å². The molecule has 104 valence electrons. The maximum atomic E-state index is 12.4. The van der Waals surface area contributed by atoms with Gasteiger partial charge in [0.1, 0.15) is 10.0 Å². The molecule has 2 aromatic rings. The molecule has 6 heteroatoms. The molecule has 1 N–H and O–H groups in total. The Balaban J connectivity index is 1.91. The first-order valence-electron chi connectivity index (χ1n) is 6.28. The van der Waals surface area contributed by atoms with E-state index in [9.17, 15) is 8.42 Å². The topological polar surface area (TPSA) is 59.1 Å². The van der Waals surface area contributed by atoms with Crippen molar-refractivity contribution in [1.82, 2.24) is 9.71 Å². The zero-order chi connectivity index (χ0) is 14.2. The molecule has 0 fully saturated rings. The summed E-state index contributed by atoms with van der Waals surface area (Å²) in [6.07, 6.45) is 3.10. The molecule has 0 bridgehead atoms. The molecular weight excluding hydrogens is 296 g/mol. The van der Waals surface area contributed by atoms with Crippen molar-refractivity contribution in [2.75, 3.05) is 0 Å². The van der Waals surface area contributed by atoms with Gasteiger partial charge in [-0.15, -0.1) is 0 Å². The van der Waals surface area contributed by atoms with E-state index in [1.807, 2.05) is 24.3 Å². The van der Waals surface area contributed by atoms with Crippen LogP contribution in [0.5, 0.6) is 0 Å². The van der Waals surface area contributed by atoms with Gasteiger partial charge in [-0.05, 0) is 36.1 Å². The summed E-state index contributed by atoms with van der Waals surface area (Å²) in [7, 11) is -3.66. The molecule has 1 unspecified atom stereocenters. The van der Waals surface area contributed by atoms with Gasteiger partial charge in [0.2, 0.25) is 10.0 Å². The van der Waals surface area contributed by atoms with Crippen LogP contribution in [-0.4, -0.2) is 13.4 Å². The average molecular weight is 309 g/mol. The van der Waals surface area contributed by atoms with E-state index in [1.165, 1.54) is 17.8 Å². The highest BCUT2D eigenvalue weighted by Crippen LogP contribution is 2.32. The maximum absolute atomic E-state index is 12.4. The molecule has 3 rings (SSSR count). The van der Waals surface area contributed by atoms with E-state index >= 15 is 0 Å². The molecule has 1 aliphatic carbocycles. The number of benzene rings is 1. The molecule has 0 spiro atoms. The van der Waals surface area contributed by atoms with Crippen LogP contribution >= 0.6 is 11.6 Å². The number of aromatic nitrogens is 1. The van der Waals surface area contributed by atoms with Crippen molar-refractivity contribution in [1.29, 1.82) is 0 Å². The van der Waals surface area contributed by atoms with Crippen molar-refractivity contribution < 1.29 is 8.42 Å². The summed E-state index contributed by atoms with van der Waals surface area (Å²) in [4.78, 5) is 3.83. The molecule has 0 aliphatic heterocycles. The van der Waals surface area contributed by atoms with Crippen molar-refractivity contribution in [2.24, 2.45) is 0 Å². The van der Waals surface area contributed by atoms with E-state index in [0.717, 1.165) is 18.4 Å². The molecule has 1 atom stereocenters. The highest BCUT2D eigenvalue weighted by atomic mass is 35.5. The quantitative estimate of drug-likeness (QED) is 0.887. The lowest BCUT2D eigenvalue weighted by Gasteiger charge is -2.14. The van der Waals surface area contributed by atoms with Gasteiger partial charge in [-0.2, -0.15) is 0 Å². The Kier molecular flexibility index (Phi) is 3.50. The third kappa shape index (κ3) is 2.44. The highest BCUT2D eigenvalue weighted by Gasteiger charge is 2.28. The number of hydrogen-bond donors (Lipinski definition) is 1. The summed E-state index contributed by atoms with van der Waals surface area (Å²) in [5, 5.41) is -0.00807. The van der Waals surface area contributed by atoms with Crippen molar-refractivity contribution in [3.8, 4) is 0 Å². The molecule has 0 amide bonds. The zero-order valence-corrected chi connectivity index (χ0v) is 12.2. The fourth-order valence-electron chi connectivity index (χ4n) is 2.50. The lowest BCUT2D eigenvalue weighted by Crippen LogP contribution is -2.27. The number of nitrogens with zero attached hydrogens (tertiary/aromatic N) is 1. The average Bonchev–Trinajstić information content (AvgIpc) is 2.82. The first-order valence-corrected chi connectivity index (χ1v) is 8.15. The fraction of sp³-hybridized carbons (Fsp3) is 0.214. The van der Waals surface area contributed by atoms with Crippen LogP contribution < -0.4 is 4.72 Å². The summed E-state index contributed by atoms with van der Waals surface area (Å²) < 4.78 is 27.5. The molecular formula is C14H13ClN2O2S. The van der Waals surface area contributed by atoms with Gasteiger partial charge in [-0.25, -0.2) is 18.1 Å². The zero-order valence-electron chi connectivity index (χ0n) is 10.6. The standard InChI is InChI=1S/C14H13ClN2O2S/c15-14-13(6-3-9-16-14)20(18,19)17-12-8-7-10-4-1-2-5-11(10)12/h1-6,9,12,17H,7-8H2. The van der Waals surface area contributed by atoms with E-state index in [-0.39, 0.29) is 16.1 Å². The smallest absolute Gasteiger partial charge is 0.243 e. The van der Waals surface area contributed by atoms with Crippen LogP contribution in [0.1, 0.15) is 23.6 Å². The van der Waals surface area contributed by atoms with Gasteiger partial charge in [0.25, 0.3) is 0 Å². The largest absolute Gasteiger partial charge is 0.244 e. The Morgan fingerprint density at radius 2 is 2.00 bits per heavy atom. The summed E-state index contributed by atoms with van der Waals surface area (Å²) in [5.74, 6) is 0. The molecule has 1 aromatic carbocycles. The Labute approximate surface area is 122 Å². The van der Waals surface area contributed by atoms with Gasteiger partial charge in [-0.3, -0.25) is 0 Å². The predicted molar refractivity (Wildman–Crippen MR) is 77.1 cm³/mol. The molecule has 0 radical (unpaired) electrons. The van der Waals surface area contributed by atoms with Crippen molar-refractivity contribution in [3.63, 3.8) is 0 Å². The minimum atomic E-state index is -3.66. The normalized spacial score (nSPS) is 17.9. The Hall–Kier alpha value is -1.43. The van der Waals surface area contributed by atoms with Gasteiger partial charge < -0.3 is 0 Å². The van der Waals surface area contributed by atoms with Crippen molar-refractivity contribution in [2.45, 2.75) is 23.8 Å². The molecule has 1 aliphatic rings. The molecule has 4 nitrogen and oxygen atoms in total. The SMILES string of the molecule is O=S(=O)(NC1CCc2ccccc21)c1cccnc1Cl. The summed E-state index contributed by atoms with van der Waals surface area (Å²) in [6, 6.07) is 10.7. The maximum Gasteiger partial charge on any atom is 0.244 e. The van der Waals surface area contributed by atoms with Crippen LogP contribution in [0.15, 0.2) is 47.5 Å².